The van der Waals surface area contributed by atoms with Crippen LogP contribution in [0.15, 0.2) is 47.8 Å². The van der Waals surface area contributed by atoms with Crippen LogP contribution in [0.5, 0.6) is 11.5 Å². The molecule has 0 spiro atoms. The lowest BCUT2D eigenvalue weighted by Gasteiger charge is -2.11. The first kappa shape index (κ1) is 14.9. The molecule has 0 saturated heterocycles. The first-order valence-electron chi connectivity index (χ1n) is 6.59. The molecule has 23 heavy (non-hydrogen) atoms. The molecule has 0 unspecified atom stereocenters. The zero-order valence-electron chi connectivity index (χ0n) is 11.7. The number of aromatic hydroxyl groups is 1. The number of thiazole rings is 1. The van der Waals surface area contributed by atoms with Crippen LogP contribution in [0.25, 0.3) is 11.3 Å². The second-order valence-corrected chi connectivity index (χ2v) is 5.58. The maximum Gasteiger partial charge on any atom is 0.335 e. The van der Waals surface area contributed by atoms with Crippen LogP contribution >= 0.6 is 11.3 Å². The fourth-order valence-corrected chi connectivity index (χ4v) is 2.73. The van der Waals surface area contributed by atoms with Gasteiger partial charge in [0.2, 0.25) is 0 Å². The molecule has 3 rings (SSSR count). The largest absolute Gasteiger partial charge is 0.872 e. The fourth-order valence-electron chi connectivity index (χ4n) is 1.99. The highest BCUT2D eigenvalue weighted by molar-refractivity contribution is 7.14. The Kier molecular flexibility index (Phi) is 3.86. The van der Waals surface area contributed by atoms with Crippen molar-refractivity contribution in [2.45, 2.75) is 0 Å². The molecule has 3 N–H and O–H groups in total. The van der Waals surface area contributed by atoms with E-state index in [2.05, 4.69) is 10.3 Å². The van der Waals surface area contributed by atoms with E-state index in [1.165, 1.54) is 29.5 Å². The molecular formula is C16H11N2O4S-. The number of aromatic carboxylic acids is 1. The van der Waals surface area contributed by atoms with Gasteiger partial charge >= 0.3 is 5.97 Å². The molecule has 3 aromatic rings. The number of rotatable bonds is 4. The summed E-state index contributed by atoms with van der Waals surface area (Å²) in [5, 5.41) is 35.1. The molecule has 0 radical (unpaired) electrons. The number of phenolic OH excluding ortho intramolecular Hbond substituents is 1. The lowest BCUT2D eigenvalue weighted by molar-refractivity contribution is -0.268. The number of nitrogens with zero attached hydrogens (tertiary/aromatic N) is 1. The fraction of sp³-hybridized carbons (Fsp3) is 0. The van der Waals surface area contributed by atoms with Gasteiger partial charge in [-0.25, -0.2) is 9.78 Å². The third kappa shape index (κ3) is 3.24. The number of carbonyl (C=O) groups is 1. The summed E-state index contributed by atoms with van der Waals surface area (Å²) in [6.45, 7) is 0. The second kappa shape index (κ2) is 5.98. The van der Waals surface area contributed by atoms with Crippen molar-refractivity contribution in [2.75, 3.05) is 5.32 Å². The van der Waals surface area contributed by atoms with Gasteiger partial charge in [-0.1, -0.05) is 11.8 Å². The number of carboxylic acid groups (broad SMARTS) is 1. The summed E-state index contributed by atoms with van der Waals surface area (Å²) in [7, 11) is 0. The quantitative estimate of drug-likeness (QED) is 0.680. The summed E-state index contributed by atoms with van der Waals surface area (Å²) in [4.78, 5) is 15.4. The summed E-state index contributed by atoms with van der Waals surface area (Å²) in [6.07, 6.45) is 0. The average Bonchev–Trinajstić information content (AvgIpc) is 2.98. The molecule has 0 saturated carbocycles. The van der Waals surface area contributed by atoms with Gasteiger partial charge < -0.3 is 20.6 Å². The number of anilines is 2. The smallest absolute Gasteiger partial charge is 0.335 e. The Bertz CT molecular complexity index is 859. The Morgan fingerprint density at radius 3 is 2.61 bits per heavy atom. The second-order valence-electron chi connectivity index (χ2n) is 4.73. The molecule has 0 aliphatic heterocycles. The standard InChI is InChI=1S/C16H12N2O4S/c19-11-4-1-9(2-5-11)13-8-23-16(18-13)17-10-3-6-14(20)12(7-10)15(21)22/h1-8,19-20H,(H,17,18)(H,21,22)/p-1. The van der Waals surface area contributed by atoms with Crippen molar-refractivity contribution in [2.24, 2.45) is 0 Å². The van der Waals surface area contributed by atoms with E-state index < -0.39 is 11.7 Å². The van der Waals surface area contributed by atoms with Gasteiger partial charge in [0.1, 0.15) is 5.75 Å². The summed E-state index contributed by atoms with van der Waals surface area (Å²) in [5.74, 6) is -1.62. The summed E-state index contributed by atoms with van der Waals surface area (Å²) in [6, 6.07) is 10.7. The first-order valence-corrected chi connectivity index (χ1v) is 7.47. The van der Waals surface area contributed by atoms with Gasteiger partial charge in [-0.05, 0) is 36.4 Å². The molecule has 0 fully saturated rings. The minimum atomic E-state index is -1.26. The third-order valence-corrected chi connectivity index (χ3v) is 3.89. The van der Waals surface area contributed by atoms with E-state index >= 15 is 0 Å². The summed E-state index contributed by atoms with van der Waals surface area (Å²) in [5.41, 5.74) is 1.78. The van der Waals surface area contributed by atoms with Crippen LogP contribution in [0.3, 0.4) is 0 Å². The van der Waals surface area contributed by atoms with Crippen molar-refractivity contribution in [1.82, 2.24) is 4.98 Å². The minimum absolute atomic E-state index is 0.182. The van der Waals surface area contributed by atoms with E-state index in [0.29, 0.717) is 10.8 Å². The molecule has 6 nitrogen and oxygen atoms in total. The molecule has 1 heterocycles. The monoisotopic (exact) mass is 327 g/mol. The Labute approximate surface area is 135 Å². The Hall–Kier alpha value is -3.06. The van der Waals surface area contributed by atoms with E-state index in [0.717, 1.165) is 11.3 Å². The highest BCUT2D eigenvalue weighted by Gasteiger charge is 2.08. The SMILES string of the molecule is O=C(O)c1cc(Nc2nc(-c3ccc(O)cc3)cs2)ccc1[O-]. The Morgan fingerprint density at radius 1 is 1.17 bits per heavy atom. The van der Waals surface area contributed by atoms with Gasteiger partial charge in [-0.3, -0.25) is 0 Å². The molecule has 1 aromatic heterocycles. The topological polar surface area (TPSA) is 106 Å². The van der Waals surface area contributed by atoms with Crippen LogP contribution in [-0.4, -0.2) is 21.2 Å². The van der Waals surface area contributed by atoms with Crippen molar-refractivity contribution in [3.05, 3.63) is 53.4 Å². The van der Waals surface area contributed by atoms with Crippen LogP contribution in [0, 0.1) is 0 Å². The lowest BCUT2D eigenvalue weighted by Crippen LogP contribution is -2.04. The molecule has 0 amide bonds. The molecular weight excluding hydrogens is 316 g/mol. The number of hydrogen-bond acceptors (Lipinski definition) is 6. The van der Waals surface area contributed by atoms with Gasteiger partial charge in [0, 0.05) is 16.6 Å². The van der Waals surface area contributed by atoms with Crippen LogP contribution in [0.1, 0.15) is 10.4 Å². The van der Waals surface area contributed by atoms with Crippen molar-refractivity contribution >= 4 is 28.1 Å². The summed E-state index contributed by atoms with van der Waals surface area (Å²) >= 11 is 1.35. The van der Waals surface area contributed by atoms with Crippen LogP contribution < -0.4 is 10.4 Å². The highest BCUT2D eigenvalue weighted by atomic mass is 32.1. The van der Waals surface area contributed by atoms with E-state index in [-0.39, 0.29) is 11.3 Å². The minimum Gasteiger partial charge on any atom is -0.872 e. The van der Waals surface area contributed by atoms with Crippen molar-refractivity contribution in [3.63, 3.8) is 0 Å². The molecule has 0 atom stereocenters. The van der Waals surface area contributed by atoms with E-state index in [1.807, 2.05) is 5.38 Å². The van der Waals surface area contributed by atoms with Crippen molar-refractivity contribution in [3.8, 4) is 22.8 Å². The molecule has 0 aliphatic carbocycles. The van der Waals surface area contributed by atoms with E-state index in [1.54, 1.807) is 24.3 Å². The van der Waals surface area contributed by atoms with Gasteiger partial charge in [0.25, 0.3) is 0 Å². The van der Waals surface area contributed by atoms with Crippen molar-refractivity contribution in [1.29, 1.82) is 0 Å². The number of phenols is 1. The van der Waals surface area contributed by atoms with Gasteiger partial charge in [-0.2, -0.15) is 0 Å². The first-order chi connectivity index (χ1) is 11.0. The van der Waals surface area contributed by atoms with Crippen LogP contribution in [-0.2, 0) is 0 Å². The third-order valence-electron chi connectivity index (χ3n) is 3.13. The summed E-state index contributed by atoms with van der Waals surface area (Å²) < 4.78 is 0. The number of nitrogens with one attached hydrogen (secondary N) is 1. The Morgan fingerprint density at radius 2 is 1.91 bits per heavy atom. The zero-order chi connectivity index (χ0) is 16.4. The van der Waals surface area contributed by atoms with Crippen LogP contribution in [0.2, 0.25) is 0 Å². The number of benzene rings is 2. The molecule has 116 valence electrons. The normalized spacial score (nSPS) is 10.4. The predicted molar refractivity (Wildman–Crippen MR) is 85.3 cm³/mol. The maximum atomic E-state index is 11.4. The van der Waals surface area contributed by atoms with Gasteiger partial charge in [0.15, 0.2) is 5.13 Å². The van der Waals surface area contributed by atoms with E-state index in [4.69, 9.17) is 5.11 Å². The molecule has 7 heteroatoms. The maximum absolute atomic E-state index is 11.4. The highest BCUT2D eigenvalue weighted by Crippen LogP contribution is 2.29. The molecule has 2 aromatic carbocycles. The van der Waals surface area contributed by atoms with Gasteiger partial charge in [0.05, 0.1) is 11.3 Å². The van der Waals surface area contributed by atoms with Crippen LogP contribution in [0.4, 0.5) is 10.8 Å². The predicted octanol–water partition coefficient (Wildman–Crippen LogP) is 3.03. The van der Waals surface area contributed by atoms with Gasteiger partial charge in [-0.15, -0.1) is 11.3 Å². The number of aromatic nitrogens is 1. The Balaban J connectivity index is 1.83. The number of carboxylic acids is 1. The number of hydrogen-bond donors (Lipinski definition) is 3. The molecule has 0 aliphatic rings. The van der Waals surface area contributed by atoms with Crippen molar-refractivity contribution < 1.29 is 20.1 Å². The lowest BCUT2D eigenvalue weighted by atomic mass is 10.2. The molecule has 0 bridgehead atoms. The van der Waals surface area contributed by atoms with E-state index in [9.17, 15) is 15.0 Å². The average molecular weight is 327 g/mol. The zero-order valence-corrected chi connectivity index (χ0v) is 12.5.